The van der Waals surface area contributed by atoms with Gasteiger partial charge in [-0.1, -0.05) is 0 Å². The lowest BCUT2D eigenvalue weighted by Crippen LogP contribution is -2.61. The standard InChI is InChI=1S/C9H22N2O2Si/c1-4-12-14(3,13-5-2)11-8-6-10-7-9-11/h10H,4-9H2,1-3H3. The van der Waals surface area contributed by atoms with E-state index >= 15 is 0 Å². The van der Waals surface area contributed by atoms with Gasteiger partial charge in [0.05, 0.1) is 0 Å². The van der Waals surface area contributed by atoms with Crippen LogP contribution in [0.3, 0.4) is 0 Å². The molecule has 0 bridgehead atoms. The van der Waals surface area contributed by atoms with E-state index in [-0.39, 0.29) is 0 Å². The first-order valence-corrected chi connectivity index (χ1v) is 7.73. The van der Waals surface area contributed by atoms with E-state index in [0.29, 0.717) is 0 Å². The minimum Gasteiger partial charge on any atom is -0.383 e. The van der Waals surface area contributed by atoms with Crippen molar-refractivity contribution in [1.82, 2.24) is 9.88 Å². The van der Waals surface area contributed by atoms with Gasteiger partial charge in [-0.05, 0) is 20.4 Å². The van der Waals surface area contributed by atoms with E-state index in [1.807, 2.05) is 13.8 Å². The van der Waals surface area contributed by atoms with Crippen LogP contribution in [0.5, 0.6) is 0 Å². The molecule has 1 saturated heterocycles. The van der Waals surface area contributed by atoms with Gasteiger partial charge in [0.25, 0.3) is 0 Å². The van der Waals surface area contributed by atoms with Gasteiger partial charge in [0.2, 0.25) is 0 Å². The molecule has 1 heterocycles. The monoisotopic (exact) mass is 218 g/mol. The molecule has 1 rings (SSSR count). The quantitative estimate of drug-likeness (QED) is 0.683. The summed E-state index contributed by atoms with van der Waals surface area (Å²) in [5, 5.41) is 3.34. The summed E-state index contributed by atoms with van der Waals surface area (Å²) in [6.07, 6.45) is 0. The van der Waals surface area contributed by atoms with Gasteiger partial charge in [-0.25, -0.2) is 0 Å². The van der Waals surface area contributed by atoms with Crippen molar-refractivity contribution in [2.45, 2.75) is 20.4 Å². The molecule has 1 fully saturated rings. The van der Waals surface area contributed by atoms with Crippen molar-refractivity contribution in [1.29, 1.82) is 0 Å². The fourth-order valence-electron chi connectivity index (χ4n) is 1.83. The first-order chi connectivity index (χ1) is 6.73. The van der Waals surface area contributed by atoms with Crippen molar-refractivity contribution in [3.05, 3.63) is 0 Å². The third-order valence-electron chi connectivity index (χ3n) is 2.52. The lowest BCUT2D eigenvalue weighted by Gasteiger charge is -2.39. The Labute approximate surface area is 87.9 Å². The molecule has 14 heavy (non-hydrogen) atoms. The second kappa shape index (κ2) is 5.82. The van der Waals surface area contributed by atoms with Gasteiger partial charge in [-0.3, -0.25) is 4.57 Å². The number of hydrogen-bond acceptors (Lipinski definition) is 4. The van der Waals surface area contributed by atoms with E-state index in [9.17, 15) is 0 Å². The van der Waals surface area contributed by atoms with Gasteiger partial charge < -0.3 is 14.2 Å². The maximum absolute atomic E-state index is 5.82. The summed E-state index contributed by atoms with van der Waals surface area (Å²) in [6, 6.07) is 0. The van der Waals surface area contributed by atoms with Crippen LogP contribution in [0.2, 0.25) is 6.55 Å². The van der Waals surface area contributed by atoms with E-state index in [4.69, 9.17) is 8.85 Å². The normalized spacial score (nSPS) is 19.9. The second-order valence-electron chi connectivity index (χ2n) is 3.50. The molecule has 0 aliphatic carbocycles. The maximum Gasteiger partial charge on any atom is 0.424 e. The molecular weight excluding hydrogens is 196 g/mol. The molecule has 0 spiro atoms. The van der Waals surface area contributed by atoms with Crippen molar-refractivity contribution < 1.29 is 8.85 Å². The van der Waals surface area contributed by atoms with E-state index in [0.717, 1.165) is 39.4 Å². The predicted octanol–water partition coefficient (Wildman–Crippen LogP) is 0.533. The third kappa shape index (κ3) is 3.03. The highest BCUT2D eigenvalue weighted by Gasteiger charge is 2.39. The molecule has 0 saturated carbocycles. The summed E-state index contributed by atoms with van der Waals surface area (Å²) in [4.78, 5) is 0. The molecule has 0 aromatic rings. The van der Waals surface area contributed by atoms with Crippen LogP contribution in [0.15, 0.2) is 0 Å². The average Bonchev–Trinajstić information content (AvgIpc) is 2.20. The number of hydrogen-bond donors (Lipinski definition) is 1. The number of rotatable bonds is 5. The minimum absolute atomic E-state index is 0.743. The van der Waals surface area contributed by atoms with Crippen LogP contribution in [-0.4, -0.2) is 52.7 Å². The van der Waals surface area contributed by atoms with E-state index in [1.165, 1.54) is 0 Å². The molecule has 4 nitrogen and oxygen atoms in total. The fourth-order valence-corrected chi connectivity index (χ4v) is 4.39. The topological polar surface area (TPSA) is 33.7 Å². The van der Waals surface area contributed by atoms with Gasteiger partial charge >= 0.3 is 8.72 Å². The fraction of sp³-hybridized carbons (Fsp3) is 1.00. The van der Waals surface area contributed by atoms with Crippen molar-refractivity contribution in [2.75, 3.05) is 39.4 Å². The van der Waals surface area contributed by atoms with Crippen LogP contribution < -0.4 is 5.32 Å². The Morgan fingerprint density at radius 3 is 2.07 bits per heavy atom. The SMILES string of the molecule is CCO[Si](C)(OCC)N1CCNCC1. The molecule has 0 radical (unpaired) electrons. The van der Waals surface area contributed by atoms with Gasteiger partial charge in [-0.2, -0.15) is 0 Å². The maximum atomic E-state index is 5.82. The van der Waals surface area contributed by atoms with Crippen molar-refractivity contribution in [3.63, 3.8) is 0 Å². The molecule has 0 atom stereocenters. The molecule has 1 aliphatic rings. The zero-order chi connectivity index (χ0) is 10.4. The largest absolute Gasteiger partial charge is 0.424 e. The lowest BCUT2D eigenvalue weighted by atomic mass is 10.4. The highest BCUT2D eigenvalue weighted by atomic mass is 28.4. The Morgan fingerprint density at radius 2 is 1.64 bits per heavy atom. The Kier molecular flexibility index (Phi) is 5.04. The van der Waals surface area contributed by atoms with E-state index in [1.54, 1.807) is 0 Å². The van der Waals surface area contributed by atoms with E-state index in [2.05, 4.69) is 16.4 Å². The Balaban J connectivity index is 2.54. The van der Waals surface area contributed by atoms with Crippen LogP contribution in [0, 0.1) is 0 Å². The summed E-state index contributed by atoms with van der Waals surface area (Å²) < 4.78 is 14.0. The molecular formula is C9H22N2O2Si. The summed E-state index contributed by atoms with van der Waals surface area (Å²) in [5.41, 5.74) is 0. The molecule has 1 N–H and O–H groups in total. The number of piperazine rings is 1. The molecule has 0 aromatic heterocycles. The van der Waals surface area contributed by atoms with Crippen LogP contribution in [-0.2, 0) is 8.85 Å². The summed E-state index contributed by atoms with van der Waals surface area (Å²) in [7, 11) is -2.06. The lowest BCUT2D eigenvalue weighted by molar-refractivity contribution is 0.120. The van der Waals surface area contributed by atoms with Crippen molar-refractivity contribution in [3.8, 4) is 0 Å². The Bertz CT molecular complexity index is 157. The first kappa shape index (κ1) is 12.1. The second-order valence-corrected chi connectivity index (χ2v) is 6.51. The van der Waals surface area contributed by atoms with Crippen molar-refractivity contribution >= 4 is 8.72 Å². The first-order valence-electron chi connectivity index (χ1n) is 5.46. The molecule has 1 aliphatic heterocycles. The molecule has 0 unspecified atom stereocenters. The third-order valence-corrected chi connectivity index (χ3v) is 5.76. The van der Waals surface area contributed by atoms with Crippen molar-refractivity contribution in [2.24, 2.45) is 0 Å². The minimum atomic E-state index is -2.06. The summed E-state index contributed by atoms with van der Waals surface area (Å²) >= 11 is 0. The Morgan fingerprint density at radius 1 is 1.14 bits per heavy atom. The number of nitrogens with one attached hydrogen (secondary N) is 1. The van der Waals surface area contributed by atoms with Gasteiger partial charge in [0.1, 0.15) is 0 Å². The highest BCUT2D eigenvalue weighted by Crippen LogP contribution is 2.14. The average molecular weight is 218 g/mol. The van der Waals surface area contributed by atoms with Crippen LogP contribution in [0.25, 0.3) is 0 Å². The smallest absolute Gasteiger partial charge is 0.383 e. The van der Waals surface area contributed by atoms with Gasteiger partial charge in [0.15, 0.2) is 0 Å². The van der Waals surface area contributed by atoms with Crippen LogP contribution >= 0.6 is 0 Å². The molecule has 0 aromatic carbocycles. The van der Waals surface area contributed by atoms with Gasteiger partial charge in [0, 0.05) is 39.4 Å². The van der Waals surface area contributed by atoms with E-state index < -0.39 is 8.72 Å². The molecule has 5 heteroatoms. The van der Waals surface area contributed by atoms with Gasteiger partial charge in [-0.15, -0.1) is 0 Å². The predicted molar refractivity (Wildman–Crippen MR) is 59.3 cm³/mol. The Hall–Kier alpha value is 0.0569. The van der Waals surface area contributed by atoms with Crippen LogP contribution in [0.4, 0.5) is 0 Å². The molecule has 84 valence electrons. The zero-order valence-corrected chi connectivity index (χ0v) is 10.5. The summed E-state index contributed by atoms with van der Waals surface area (Å²) in [5.74, 6) is 0. The highest BCUT2D eigenvalue weighted by molar-refractivity contribution is 6.63. The molecule has 0 amide bonds. The van der Waals surface area contributed by atoms with Crippen LogP contribution in [0.1, 0.15) is 13.8 Å². The number of nitrogens with zero attached hydrogens (tertiary/aromatic N) is 1. The summed E-state index contributed by atoms with van der Waals surface area (Å²) in [6.45, 7) is 11.9. The zero-order valence-electron chi connectivity index (χ0n) is 9.51.